The maximum atomic E-state index is 12.8. The number of halogens is 1. The van der Waals surface area contributed by atoms with E-state index in [-0.39, 0.29) is 23.8 Å². The molecule has 0 aliphatic carbocycles. The third-order valence-corrected chi connectivity index (χ3v) is 5.86. The van der Waals surface area contributed by atoms with Gasteiger partial charge in [0.1, 0.15) is 11.5 Å². The Morgan fingerprint density at radius 1 is 1.00 bits per heavy atom. The van der Waals surface area contributed by atoms with Crippen LogP contribution >= 0.6 is 11.6 Å². The van der Waals surface area contributed by atoms with Crippen molar-refractivity contribution in [3.63, 3.8) is 0 Å². The van der Waals surface area contributed by atoms with E-state index in [9.17, 15) is 29.8 Å². The summed E-state index contributed by atoms with van der Waals surface area (Å²) in [6.07, 6.45) is 1.30. The minimum atomic E-state index is -0.815. The Hall–Kier alpha value is -4.71. The molecule has 2 amide bonds. The van der Waals surface area contributed by atoms with Gasteiger partial charge in [0.2, 0.25) is 0 Å². The summed E-state index contributed by atoms with van der Waals surface area (Å²) in [4.78, 5) is 47.5. The molecule has 3 aromatic rings. The first-order chi connectivity index (χ1) is 18.2. The van der Waals surface area contributed by atoms with Crippen molar-refractivity contribution >= 4 is 46.2 Å². The molecule has 0 radical (unpaired) electrons. The van der Waals surface area contributed by atoms with Crippen LogP contribution in [0, 0.1) is 20.2 Å². The van der Waals surface area contributed by atoms with Crippen molar-refractivity contribution < 1.29 is 28.9 Å². The second-order valence-corrected chi connectivity index (χ2v) is 8.67. The van der Waals surface area contributed by atoms with E-state index >= 15 is 0 Å². The van der Waals surface area contributed by atoms with Crippen LogP contribution in [0.5, 0.6) is 11.5 Å². The molecule has 12 nitrogen and oxygen atoms in total. The number of fused-ring (bicyclic) bond motifs is 1. The summed E-state index contributed by atoms with van der Waals surface area (Å²) in [5, 5.41) is 25.5. The van der Waals surface area contributed by atoms with Crippen LogP contribution in [-0.4, -0.2) is 41.4 Å². The summed E-state index contributed by atoms with van der Waals surface area (Å²) in [6.45, 7) is 0.698. The van der Waals surface area contributed by atoms with Gasteiger partial charge in [-0.25, -0.2) is 0 Å². The average Bonchev–Trinajstić information content (AvgIpc) is 2.90. The number of carbonyl (C=O) groups is 2. The van der Waals surface area contributed by atoms with Crippen molar-refractivity contribution in [2.45, 2.75) is 12.8 Å². The van der Waals surface area contributed by atoms with Gasteiger partial charge in [0.15, 0.2) is 6.61 Å². The van der Waals surface area contributed by atoms with Crippen LogP contribution in [0.25, 0.3) is 0 Å². The van der Waals surface area contributed by atoms with Gasteiger partial charge in [-0.05, 0) is 55.3 Å². The molecule has 0 unspecified atom stereocenters. The van der Waals surface area contributed by atoms with Crippen molar-refractivity contribution in [3.05, 3.63) is 91.5 Å². The highest BCUT2D eigenvalue weighted by Gasteiger charge is 2.26. The summed E-state index contributed by atoms with van der Waals surface area (Å²) in [6, 6.07) is 14.3. The van der Waals surface area contributed by atoms with Gasteiger partial charge in [-0.3, -0.25) is 29.8 Å². The Kier molecular flexibility index (Phi) is 8.02. The van der Waals surface area contributed by atoms with Crippen molar-refractivity contribution in [1.29, 1.82) is 0 Å². The number of ether oxygens (including phenoxy) is 2. The molecule has 0 aromatic heterocycles. The average molecular weight is 541 g/mol. The van der Waals surface area contributed by atoms with E-state index in [0.717, 1.165) is 18.2 Å². The summed E-state index contributed by atoms with van der Waals surface area (Å²) in [5.41, 5.74) is -0.700. The highest BCUT2D eigenvalue weighted by atomic mass is 35.5. The van der Waals surface area contributed by atoms with Crippen LogP contribution in [-0.2, 0) is 4.79 Å². The minimum absolute atomic E-state index is 0.128. The number of nitro benzene ring substituents is 2. The highest BCUT2D eigenvalue weighted by Crippen LogP contribution is 2.35. The number of nitro groups is 2. The van der Waals surface area contributed by atoms with E-state index in [1.165, 1.54) is 6.07 Å². The number of anilines is 2. The topological polar surface area (TPSA) is 154 Å². The number of benzene rings is 3. The molecule has 0 atom stereocenters. The number of unbranched alkanes of at least 4 members (excludes halogenated alkanes) is 1. The van der Waals surface area contributed by atoms with Crippen LogP contribution in [0.15, 0.2) is 60.7 Å². The molecule has 4 rings (SSSR count). The minimum Gasteiger partial charge on any atom is -0.494 e. The molecular formula is C25H21ClN4O8. The van der Waals surface area contributed by atoms with Gasteiger partial charge in [0.05, 0.1) is 33.8 Å². The number of nitrogens with zero attached hydrogens (tertiary/aromatic N) is 3. The zero-order chi connectivity index (χ0) is 27.2. The quantitative estimate of drug-likeness (QED) is 0.214. The first-order valence-corrected chi connectivity index (χ1v) is 11.8. The van der Waals surface area contributed by atoms with E-state index < -0.39 is 27.1 Å². The van der Waals surface area contributed by atoms with Crippen LogP contribution in [0.4, 0.5) is 22.7 Å². The van der Waals surface area contributed by atoms with Crippen LogP contribution < -0.4 is 19.7 Å². The fourth-order valence-corrected chi connectivity index (χ4v) is 3.88. The van der Waals surface area contributed by atoms with E-state index in [4.69, 9.17) is 21.1 Å². The van der Waals surface area contributed by atoms with E-state index in [2.05, 4.69) is 5.32 Å². The molecule has 38 heavy (non-hydrogen) atoms. The molecule has 0 saturated carbocycles. The molecule has 0 fully saturated rings. The Morgan fingerprint density at radius 3 is 2.34 bits per heavy atom. The van der Waals surface area contributed by atoms with Gasteiger partial charge < -0.3 is 19.7 Å². The lowest BCUT2D eigenvalue weighted by atomic mass is 10.1. The van der Waals surface area contributed by atoms with Crippen molar-refractivity contribution in [2.75, 3.05) is 30.0 Å². The molecular weight excluding hydrogens is 520 g/mol. The number of non-ortho nitro benzene ring substituents is 2. The van der Waals surface area contributed by atoms with Crippen molar-refractivity contribution in [2.24, 2.45) is 0 Å². The fourth-order valence-electron chi connectivity index (χ4n) is 3.76. The summed E-state index contributed by atoms with van der Waals surface area (Å²) in [7, 11) is 0. The highest BCUT2D eigenvalue weighted by molar-refractivity contribution is 6.30. The summed E-state index contributed by atoms with van der Waals surface area (Å²) < 4.78 is 11.2. The lowest BCUT2D eigenvalue weighted by Gasteiger charge is -2.30. The Balaban J connectivity index is 1.43. The van der Waals surface area contributed by atoms with E-state index in [1.807, 2.05) is 0 Å². The lowest BCUT2D eigenvalue weighted by Crippen LogP contribution is -2.39. The van der Waals surface area contributed by atoms with Crippen molar-refractivity contribution in [1.82, 2.24) is 0 Å². The molecule has 1 aliphatic rings. The second kappa shape index (κ2) is 11.6. The molecule has 1 heterocycles. The number of amides is 2. The lowest BCUT2D eigenvalue weighted by molar-refractivity contribution is -0.394. The SMILES string of the molecule is O=C(Nc1ccc2c(c1)N(CCCCOc1ccc(Cl)cc1)C(=O)CO2)c1cc([N+](=O)[O-])cc([N+](=O)[O-])c1. The predicted molar refractivity (Wildman–Crippen MR) is 138 cm³/mol. The second-order valence-electron chi connectivity index (χ2n) is 8.23. The molecule has 196 valence electrons. The molecule has 0 saturated heterocycles. The number of rotatable bonds is 10. The fraction of sp³-hybridized carbons (Fsp3) is 0.200. The zero-order valence-corrected chi connectivity index (χ0v) is 20.6. The number of hydrogen-bond donors (Lipinski definition) is 1. The number of nitrogens with one attached hydrogen (secondary N) is 1. The smallest absolute Gasteiger partial charge is 0.277 e. The molecule has 3 aromatic carbocycles. The third-order valence-electron chi connectivity index (χ3n) is 5.60. The van der Waals surface area contributed by atoms with Gasteiger partial charge in [-0.1, -0.05) is 11.6 Å². The largest absolute Gasteiger partial charge is 0.494 e. The standard InChI is InChI=1S/C25H21ClN4O8/c26-17-3-6-21(7-4-17)37-10-2-1-9-28-22-13-18(5-8-23(22)38-15-24(28)31)27-25(32)16-11-19(29(33)34)14-20(12-16)30(35)36/h3-8,11-14H,1-2,9-10,15H2,(H,27,32). The van der Waals surface area contributed by atoms with Gasteiger partial charge in [-0.15, -0.1) is 0 Å². The maximum Gasteiger partial charge on any atom is 0.277 e. The molecule has 0 spiro atoms. The molecule has 1 aliphatic heterocycles. The molecule has 0 bridgehead atoms. The van der Waals surface area contributed by atoms with Gasteiger partial charge >= 0.3 is 0 Å². The number of carbonyl (C=O) groups excluding carboxylic acids is 2. The monoisotopic (exact) mass is 540 g/mol. The summed E-state index contributed by atoms with van der Waals surface area (Å²) in [5.74, 6) is 0.0993. The Labute approximate surface area is 221 Å². The predicted octanol–water partition coefficient (Wildman–Crippen LogP) is 4.99. The zero-order valence-electron chi connectivity index (χ0n) is 19.8. The first kappa shape index (κ1) is 26.4. The molecule has 1 N–H and O–H groups in total. The van der Waals surface area contributed by atoms with Gasteiger partial charge in [0.25, 0.3) is 23.2 Å². The van der Waals surface area contributed by atoms with E-state index in [0.29, 0.717) is 48.2 Å². The number of hydrogen-bond acceptors (Lipinski definition) is 8. The third kappa shape index (κ3) is 6.34. The van der Waals surface area contributed by atoms with Gasteiger partial charge in [0, 0.05) is 29.4 Å². The molecule has 13 heteroatoms. The normalized spacial score (nSPS) is 12.3. The van der Waals surface area contributed by atoms with Crippen LogP contribution in [0.3, 0.4) is 0 Å². The summed E-state index contributed by atoms with van der Waals surface area (Å²) >= 11 is 5.87. The van der Waals surface area contributed by atoms with Gasteiger partial charge in [-0.2, -0.15) is 0 Å². The Morgan fingerprint density at radius 2 is 1.68 bits per heavy atom. The first-order valence-electron chi connectivity index (χ1n) is 11.4. The Bertz CT molecular complexity index is 1360. The van der Waals surface area contributed by atoms with E-state index in [1.54, 1.807) is 41.3 Å². The van der Waals surface area contributed by atoms with Crippen LogP contribution in [0.2, 0.25) is 5.02 Å². The van der Waals surface area contributed by atoms with Crippen molar-refractivity contribution in [3.8, 4) is 11.5 Å². The maximum absolute atomic E-state index is 12.8. The van der Waals surface area contributed by atoms with Crippen LogP contribution in [0.1, 0.15) is 23.2 Å².